The Hall–Kier alpha value is 0.180. The van der Waals surface area contributed by atoms with Crippen molar-refractivity contribution in [2.24, 2.45) is 10.2 Å². The number of rotatable bonds is 14. The topological polar surface area (TPSA) is 209 Å². The summed E-state index contributed by atoms with van der Waals surface area (Å²) < 4.78 is 71.8. The molecule has 0 fully saturated rings. The van der Waals surface area contributed by atoms with E-state index in [0.29, 0.717) is 17.4 Å². The van der Waals surface area contributed by atoms with Gasteiger partial charge < -0.3 is 20.9 Å². The number of alkyl halides is 1. The Kier molecular flexibility index (Phi) is 21.9. The third-order valence-corrected chi connectivity index (χ3v) is 8.27. The minimum Gasteiger partial charge on any atom is 1.00 e. The fourth-order valence-electron chi connectivity index (χ4n) is 3.40. The fraction of sp³-hybridized carbons (Fsp3) is 0.130. The number of halogens is 5. The molecule has 15 nitrogen and oxygen atoms in total. The van der Waals surface area contributed by atoms with Crippen molar-refractivity contribution in [1.29, 1.82) is 0.594 Å². The first-order valence-corrected chi connectivity index (χ1v) is 23.6. The van der Waals surface area contributed by atoms with Gasteiger partial charge in [-0.25, -0.2) is 8.42 Å². The standard InChI is InChI=1S/C22H16ClF2N5O10S3.CH4I2.2Na/c23-17-20(24)27-22(25)28-21(17)26-13-2-1-11-9-16(41-39-37-32)18(19(31)15(11)10-13)30-29-12-3-5-14(6-4-12)43(34,35)8-7-36-42-40-38-33;1-3-2;;/h1-6,9-10,31-33H,7-8H2,(H,26,27,28);3H,1H3;;/q;;2*+1/p-2/i;3D;;. The summed E-state index contributed by atoms with van der Waals surface area (Å²) in [5.74, 6) is -2.50. The normalized spacial score (nSPS) is 11.6. The molecular weight excluding hydrogens is 976 g/mol. The van der Waals surface area contributed by atoms with Crippen molar-refractivity contribution >= 4 is 115 Å². The van der Waals surface area contributed by atoms with Crippen LogP contribution in [0.4, 0.5) is 31.7 Å². The summed E-state index contributed by atoms with van der Waals surface area (Å²) >= 11 is 7.55. The van der Waals surface area contributed by atoms with Gasteiger partial charge in [0.2, 0.25) is 5.95 Å². The van der Waals surface area contributed by atoms with E-state index in [1.165, 1.54) is 48.5 Å². The molecule has 0 saturated heterocycles. The van der Waals surface area contributed by atoms with Crippen LogP contribution in [0.3, 0.4) is 0 Å². The number of phenolic OH excluding ortho intramolecular Hbond substituents is 1. The Bertz CT molecular complexity index is 1820. The Morgan fingerprint density at radius 2 is 1.77 bits per heavy atom. The van der Waals surface area contributed by atoms with Crippen molar-refractivity contribution in [1.82, 2.24) is 9.97 Å². The molecule has 48 heavy (non-hydrogen) atoms. The van der Waals surface area contributed by atoms with Crippen molar-refractivity contribution in [2.75, 3.05) is 22.6 Å². The molecule has 2 N–H and O–H groups in total. The molecule has 0 bridgehead atoms. The number of hydrogen-bond donors (Lipinski definition) is 2. The van der Waals surface area contributed by atoms with Crippen molar-refractivity contribution in [2.45, 2.75) is 9.79 Å². The molecule has 0 aliphatic heterocycles. The summed E-state index contributed by atoms with van der Waals surface area (Å²) in [6.07, 6.45) is -1.35. The molecule has 4 rings (SSSR count). The van der Waals surface area contributed by atoms with Gasteiger partial charge in [0.05, 0.1) is 39.9 Å². The van der Waals surface area contributed by atoms with E-state index in [1.54, 1.807) is 0 Å². The molecule has 1 heterocycles. The number of benzene rings is 3. The smallest absolute Gasteiger partial charge is 1.00 e. The largest absolute Gasteiger partial charge is 1.00 e. The van der Waals surface area contributed by atoms with Crippen LogP contribution in [0, 0.1) is 12.0 Å². The van der Waals surface area contributed by atoms with E-state index >= 15 is 0 Å². The second-order valence-corrected chi connectivity index (χ2v) is 18.0. The Labute approximate surface area is 350 Å². The van der Waals surface area contributed by atoms with Gasteiger partial charge in [0.1, 0.15) is 10.7 Å². The molecule has 250 valence electrons. The van der Waals surface area contributed by atoms with Gasteiger partial charge in [0.25, 0.3) is 0 Å². The van der Waals surface area contributed by atoms with E-state index in [1.807, 2.05) is 4.93 Å². The number of fused-ring (bicyclic) bond motifs is 1. The summed E-state index contributed by atoms with van der Waals surface area (Å²) in [5.41, 5.74) is 0.234. The Balaban J connectivity index is 0.00000189. The van der Waals surface area contributed by atoms with Crippen molar-refractivity contribution < 1.29 is 115 Å². The first-order chi connectivity index (χ1) is 22.4. The third-order valence-electron chi connectivity index (χ3n) is 5.25. The summed E-state index contributed by atoms with van der Waals surface area (Å²) in [4.78, 5) is 8.34. The molecule has 0 aliphatic carbocycles. The van der Waals surface area contributed by atoms with Crippen molar-refractivity contribution in [3.05, 3.63) is 65.6 Å². The van der Waals surface area contributed by atoms with E-state index in [0.717, 1.165) is 0 Å². The summed E-state index contributed by atoms with van der Waals surface area (Å²) in [5, 5.41) is 48.4. The Morgan fingerprint density at radius 3 is 2.42 bits per heavy atom. The van der Waals surface area contributed by atoms with E-state index in [2.05, 4.69) is 62.9 Å². The van der Waals surface area contributed by atoms with Crippen molar-refractivity contribution in [3.8, 4) is 5.75 Å². The zero-order valence-corrected chi connectivity index (χ0v) is 36.1. The molecule has 0 unspecified atom stereocenters. The predicted molar refractivity (Wildman–Crippen MR) is 178 cm³/mol. The predicted octanol–water partition coefficient (Wildman–Crippen LogP) is -0.0892. The molecule has 0 radical (unpaired) electrons. The van der Waals surface area contributed by atoms with Crippen LogP contribution in [0.25, 0.3) is 10.8 Å². The molecule has 25 heteroatoms. The van der Waals surface area contributed by atoms with Gasteiger partial charge in [-0.15, -0.1) is 9.45 Å². The first-order valence-electron chi connectivity index (χ1n) is 12.1. The molecule has 0 amide bonds. The van der Waals surface area contributed by atoms with Crippen LogP contribution in [0.2, 0.25) is 5.02 Å². The van der Waals surface area contributed by atoms with Crippen LogP contribution in [-0.2, 0) is 32.8 Å². The number of aromatic hydroxyl groups is 1. The molecule has 3 aromatic carbocycles. The van der Waals surface area contributed by atoms with Crippen LogP contribution in [0.1, 0.15) is 0 Å². The van der Waals surface area contributed by atoms with E-state index in [-0.39, 0.29) is 116 Å². The molecule has 4 aromatic rings. The summed E-state index contributed by atoms with van der Waals surface area (Å²) in [6.45, 7) is -0.300. The second-order valence-electron chi connectivity index (χ2n) is 7.98. The summed E-state index contributed by atoms with van der Waals surface area (Å²) in [7, 11) is -3.77. The second kappa shape index (κ2) is 23.7. The zero-order chi connectivity index (χ0) is 34.6. The maximum Gasteiger partial charge on any atom is 1.00 e. The number of nitrogens with zero attached hydrogens (tertiary/aromatic N) is 4. The minimum absolute atomic E-state index is 0. The number of sulfone groups is 1. The van der Waals surface area contributed by atoms with Crippen LogP contribution in [-0.4, -0.2) is 41.4 Å². The van der Waals surface area contributed by atoms with Crippen LogP contribution < -0.4 is 74.9 Å². The number of nitrogens with one attached hydrogen (secondary N) is 1. The number of hydrogen-bond acceptors (Lipinski definition) is 17. The SMILES string of the molecule is O=S(=O)(CCOSOO[O-])c1ccc(N=Nc2c(SOO[O-])cc3ccc(Nc4nc(F)nc(F)c4Cl)cc3c2O)cc1.[2H]I(C)I.[Na+].[Na+]. The van der Waals surface area contributed by atoms with Crippen LogP contribution >= 0.6 is 71.6 Å². The van der Waals surface area contributed by atoms with Gasteiger partial charge in [0.15, 0.2) is 33.7 Å². The fourth-order valence-corrected chi connectivity index (χ4v) is 5.43. The number of anilines is 2. The molecule has 0 aliphatic rings. The van der Waals surface area contributed by atoms with Crippen LogP contribution in [0.15, 0.2) is 68.6 Å². The molecule has 1 aromatic heterocycles. The van der Waals surface area contributed by atoms with Crippen molar-refractivity contribution in [3.63, 3.8) is 0 Å². The van der Waals surface area contributed by atoms with E-state index < -0.39 is 55.4 Å². The monoisotopic (exact) mass is 994 g/mol. The zero-order valence-electron chi connectivity index (χ0n) is 25.6. The first kappa shape index (κ1) is 44.3. The molecular formula is C23H18ClF2I2N5Na2O10S3. The van der Waals surface area contributed by atoms with Gasteiger partial charge >= 0.3 is 106 Å². The van der Waals surface area contributed by atoms with Gasteiger partial charge in [-0.05, 0) is 47.9 Å². The maximum absolute atomic E-state index is 13.7. The van der Waals surface area contributed by atoms with Crippen LogP contribution in [0.5, 0.6) is 5.75 Å². The maximum atomic E-state index is 13.7. The number of azo groups is 1. The third kappa shape index (κ3) is 14.0. The van der Waals surface area contributed by atoms with Gasteiger partial charge in [0, 0.05) is 11.1 Å². The summed E-state index contributed by atoms with van der Waals surface area (Å²) in [6, 6.07) is 11.1. The Morgan fingerprint density at radius 1 is 1.10 bits per heavy atom. The number of aromatic nitrogens is 2. The number of phenols is 1. The van der Waals surface area contributed by atoms with E-state index in [9.17, 15) is 32.8 Å². The molecule has 0 spiro atoms. The average Bonchev–Trinajstić information content (AvgIpc) is 3.02. The quantitative estimate of drug-likeness (QED) is 0.0162. The van der Waals surface area contributed by atoms with E-state index in [4.69, 9.17) is 16.4 Å². The molecule has 0 atom stereocenters. The van der Waals surface area contributed by atoms with Gasteiger partial charge in [-0.2, -0.15) is 28.2 Å². The van der Waals surface area contributed by atoms with Gasteiger partial charge in [-0.1, -0.05) is 17.7 Å². The molecule has 0 saturated carbocycles. The minimum atomic E-state index is -3.77. The average molecular weight is 995 g/mol. The van der Waals surface area contributed by atoms with Gasteiger partial charge in [-0.3, -0.25) is 14.3 Å².